The van der Waals surface area contributed by atoms with Crippen molar-refractivity contribution >= 4 is 23.4 Å². The molecule has 0 saturated heterocycles. The van der Waals surface area contributed by atoms with E-state index in [1.54, 1.807) is 0 Å². The monoisotopic (exact) mass is 387 g/mol. The van der Waals surface area contributed by atoms with Crippen molar-refractivity contribution in [3.63, 3.8) is 0 Å². The number of nitrogens with two attached hydrogens (primary N) is 1. The minimum Gasteiger partial charge on any atom is -0.354 e. The number of carbonyl (C=O) groups is 2. The zero-order valence-electron chi connectivity index (χ0n) is 15.6. The van der Waals surface area contributed by atoms with Crippen LogP contribution in [-0.4, -0.2) is 24.4 Å². The first kappa shape index (κ1) is 20.9. The van der Waals surface area contributed by atoms with Crippen molar-refractivity contribution in [2.24, 2.45) is 11.7 Å². The van der Waals surface area contributed by atoms with Crippen LogP contribution in [0.5, 0.6) is 0 Å². The topological polar surface area (TPSA) is 84.2 Å². The standard InChI is InChI=1S/C21H26ClN3O2/c1-14(2)18(23)20(26)25-19(16-6-4-3-5-7-16)21(27)24-13-12-15-8-10-17(22)11-9-15/h3-11,14,18-19H,12-13,23H2,1-2H3,(H,24,27)(H,25,26)/t18-,19?/m0/s1. The lowest BCUT2D eigenvalue weighted by Crippen LogP contribution is -2.49. The van der Waals surface area contributed by atoms with E-state index in [-0.39, 0.29) is 17.7 Å². The summed E-state index contributed by atoms with van der Waals surface area (Å²) in [6.07, 6.45) is 0.671. The fraction of sp³-hybridized carbons (Fsp3) is 0.333. The Morgan fingerprint density at radius 2 is 1.63 bits per heavy atom. The van der Waals surface area contributed by atoms with Gasteiger partial charge in [0.25, 0.3) is 0 Å². The molecule has 0 bridgehead atoms. The van der Waals surface area contributed by atoms with Gasteiger partial charge in [-0.15, -0.1) is 0 Å². The molecule has 0 aliphatic rings. The molecule has 5 nitrogen and oxygen atoms in total. The Morgan fingerprint density at radius 3 is 2.22 bits per heavy atom. The van der Waals surface area contributed by atoms with Gasteiger partial charge in [-0.3, -0.25) is 9.59 Å². The highest BCUT2D eigenvalue weighted by Crippen LogP contribution is 2.14. The molecule has 0 radical (unpaired) electrons. The van der Waals surface area contributed by atoms with Crippen molar-refractivity contribution in [2.45, 2.75) is 32.4 Å². The maximum atomic E-state index is 12.7. The molecule has 0 aliphatic carbocycles. The maximum absolute atomic E-state index is 12.7. The van der Waals surface area contributed by atoms with Crippen LogP contribution in [0.4, 0.5) is 0 Å². The number of rotatable bonds is 8. The smallest absolute Gasteiger partial charge is 0.247 e. The molecule has 4 N–H and O–H groups in total. The summed E-state index contributed by atoms with van der Waals surface area (Å²) in [7, 11) is 0. The van der Waals surface area contributed by atoms with Crippen molar-refractivity contribution in [2.75, 3.05) is 6.54 Å². The van der Waals surface area contributed by atoms with Gasteiger partial charge in [-0.1, -0.05) is 67.9 Å². The third-order valence-electron chi connectivity index (χ3n) is 4.33. The lowest BCUT2D eigenvalue weighted by atomic mass is 10.0. The fourth-order valence-corrected chi connectivity index (χ4v) is 2.70. The Kier molecular flexibility index (Phi) is 7.82. The van der Waals surface area contributed by atoms with Gasteiger partial charge in [0.1, 0.15) is 6.04 Å². The van der Waals surface area contributed by atoms with Crippen molar-refractivity contribution < 1.29 is 9.59 Å². The first-order chi connectivity index (χ1) is 12.9. The van der Waals surface area contributed by atoms with Gasteiger partial charge in [0.05, 0.1) is 6.04 Å². The Bertz CT molecular complexity index is 748. The summed E-state index contributed by atoms with van der Waals surface area (Å²) < 4.78 is 0. The quantitative estimate of drug-likeness (QED) is 0.651. The van der Waals surface area contributed by atoms with Gasteiger partial charge in [-0.2, -0.15) is 0 Å². The molecule has 0 aromatic heterocycles. The van der Waals surface area contributed by atoms with Gasteiger partial charge < -0.3 is 16.4 Å². The number of hydrogen-bond donors (Lipinski definition) is 3. The van der Waals surface area contributed by atoms with E-state index < -0.39 is 12.1 Å². The minimum atomic E-state index is -0.784. The number of benzene rings is 2. The Hall–Kier alpha value is -2.37. The molecule has 0 fully saturated rings. The highest BCUT2D eigenvalue weighted by molar-refractivity contribution is 6.30. The molecule has 2 amide bonds. The van der Waals surface area contributed by atoms with Gasteiger partial charge in [-0.05, 0) is 35.6 Å². The zero-order chi connectivity index (χ0) is 19.8. The molecule has 2 aromatic carbocycles. The zero-order valence-corrected chi connectivity index (χ0v) is 16.4. The molecule has 2 atom stereocenters. The van der Waals surface area contributed by atoms with E-state index in [4.69, 9.17) is 17.3 Å². The molecule has 0 heterocycles. The van der Waals surface area contributed by atoms with Crippen LogP contribution in [0.2, 0.25) is 5.02 Å². The lowest BCUT2D eigenvalue weighted by molar-refractivity contribution is -0.130. The summed E-state index contributed by atoms with van der Waals surface area (Å²) in [5.41, 5.74) is 7.71. The van der Waals surface area contributed by atoms with Crippen LogP contribution >= 0.6 is 11.6 Å². The SMILES string of the molecule is CC(C)[C@H](N)C(=O)NC(C(=O)NCCc1ccc(Cl)cc1)c1ccccc1. The molecule has 1 unspecified atom stereocenters. The van der Waals surface area contributed by atoms with Crippen LogP contribution < -0.4 is 16.4 Å². The second-order valence-corrected chi connectivity index (χ2v) is 7.23. The fourth-order valence-electron chi connectivity index (χ4n) is 2.57. The van der Waals surface area contributed by atoms with E-state index in [9.17, 15) is 9.59 Å². The van der Waals surface area contributed by atoms with Crippen LogP contribution in [0.1, 0.15) is 31.0 Å². The van der Waals surface area contributed by atoms with Crippen molar-refractivity contribution in [3.8, 4) is 0 Å². The molecule has 0 spiro atoms. The summed E-state index contributed by atoms with van der Waals surface area (Å²) >= 11 is 5.88. The largest absolute Gasteiger partial charge is 0.354 e. The van der Waals surface area contributed by atoms with E-state index in [2.05, 4.69) is 10.6 Å². The summed E-state index contributed by atoms with van der Waals surface area (Å²) in [5.74, 6) is -0.624. The predicted molar refractivity (Wildman–Crippen MR) is 108 cm³/mol. The van der Waals surface area contributed by atoms with Gasteiger partial charge in [0.2, 0.25) is 11.8 Å². The minimum absolute atomic E-state index is 0.0191. The van der Waals surface area contributed by atoms with Crippen molar-refractivity contribution in [3.05, 3.63) is 70.7 Å². The van der Waals surface area contributed by atoms with Gasteiger partial charge in [0, 0.05) is 11.6 Å². The number of halogens is 1. The van der Waals surface area contributed by atoms with Gasteiger partial charge >= 0.3 is 0 Å². The second-order valence-electron chi connectivity index (χ2n) is 6.79. The number of hydrogen-bond acceptors (Lipinski definition) is 3. The summed E-state index contributed by atoms with van der Waals surface area (Å²) in [6, 6.07) is 15.2. The highest BCUT2D eigenvalue weighted by Gasteiger charge is 2.26. The number of amides is 2. The normalized spacial score (nSPS) is 13.1. The third-order valence-corrected chi connectivity index (χ3v) is 4.58. The highest BCUT2D eigenvalue weighted by atomic mass is 35.5. The molecule has 144 valence electrons. The van der Waals surface area contributed by atoms with Gasteiger partial charge in [0.15, 0.2) is 0 Å². The maximum Gasteiger partial charge on any atom is 0.247 e. The Balaban J connectivity index is 2.02. The molecule has 2 rings (SSSR count). The summed E-state index contributed by atoms with van der Waals surface area (Å²) in [6.45, 7) is 4.19. The van der Waals surface area contributed by atoms with E-state index in [0.29, 0.717) is 23.6 Å². The molecule has 27 heavy (non-hydrogen) atoms. The first-order valence-electron chi connectivity index (χ1n) is 9.01. The number of carbonyl (C=O) groups excluding carboxylic acids is 2. The predicted octanol–water partition coefficient (Wildman–Crippen LogP) is 2.84. The summed E-state index contributed by atoms with van der Waals surface area (Å²) in [4.78, 5) is 25.1. The lowest BCUT2D eigenvalue weighted by Gasteiger charge is -2.22. The first-order valence-corrected chi connectivity index (χ1v) is 9.39. The van der Waals surface area contributed by atoms with Crippen molar-refractivity contribution in [1.29, 1.82) is 0 Å². The Labute approximate surface area is 165 Å². The van der Waals surface area contributed by atoms with Crippen molar-refractivity contribution in [1.82, 2.24) is 10.6 Å². The van der Waals surface area contributed by atoms with Crippen LogP contribution in [0.25, 0.3) is 0 Å². The molecule has 2 aromatic rings. The number of nitrogens with one attached hydrogen (secondary N) is 2. The van der Waals surface area contributed by atoms with Crippen LogP contribution in [0.3, 0.4) is 0 Å². The van der Waals surface area contributed by atoms with Crippen LogP contribution in [-0.2, 0) is 16.0 Å². The average Bonchev–Trinajstić information content (AvgIpc) is 2.67. The second kappa shape index (κ2) is 10.1. The molecule has 0 saturated carbocycles. The molecular formula is C21H26ClN3O2. The van der Waals surface area contributed by atoms with E-state index in [1.807, 2.05) is 68.4 Å². The molecular weight excluding hydrogens is 362 g/mol. The third kappa shape index (κ3) is 6.38. The van der Waals surface area contributed by atoms with Gasteiger partial charge in [-0.25, -0.2) is 0 Å². The molecule has 0 aliphatic heterocycles. The Morgan fingerprint density at radius 1 is 1.00 bits per heavy atom. The summed E-state index contributed by atoms with van der Waals surface area (Å²) in [5, 5.41) is 6.34. The van der Waals surface area contributed by atoms with E-state index >= 15 is 0 Å². The molecule has 6 heteroatoms. The van der Waals surface area contributed by atoms with Crippen LogP contribution in [0.15, 0.2) is 54.6 Å². The van der Waals surface area contributed by atoms with E-state index in [1.165, 1.54) is 0 Å². The van der Waals surface area contributed by atoms with E-state index in [0.717, 1.165) is 5.56 Å². The average molecular weight is 388 g/mol. The van der Waals surface area contributed by atoms with Crippen LogP contribution in [0, 0.1) is 5.92 Å².